The maximum absolute atomic E-state index is 14.2. The summed E-state index contributed by atoms with van der Waals surface area (Å²) in [5.74, 6) is 0.825. The molecule has 0 saturated carbocycles. The normalized spacial score (nSPS) is 15.8. The summed E-state index contributed by atoms with van der Waals surface area (Å²) >= 11 is 0. The molecular weight excluding hydrogens is 411 g/mol. The second-order valence-corrected chi connectivity index (χ2v) is 8.45. The molecule has 31 heavy (non-hydrogen) atoms. The Hall–Kier alpha value is -3.00. The van der Waals surface area contributed by atoms with Crippen LogP contribution in [-0.4, -0.2) is 28.2 Å². The van der Waals surface area contributed by atoms with E-state index in [4.69, 9.17) is 9.47 Å². The number of aliphatic hydroxyl groups is 1. The lowest BCUT2D eigenvalue weighted by Gasteiger charge is -2.38. The van der Waals surface area contributed by atoms with E-state index >= 15 is 0 Å². The van der Waals surface area contributed by atoms with E-state index in [1.54, 1.807) is 62.4 Å². The van der Waals surface area contributed by atoms with Gasteiger partial charge in [0.2, 0.25) is 6.79 Å². The number of hydrogen-bond donors (Lipinski definition) is 1. The highest BCUT2D eigenvalue weighted by Crippen LogP contribution is 2.47. The third-order valence-corrected chi connectivity index (χ3v) is 5.71. The average Bonchev–Trinajstić information content (AvgIpc) is 3.17. The Morgan fingerprint density at radius 2 is 1.74 bits per heavy atom. The summed E-state index contributed by atoms with van der Waals surface area (Å²) in [4.78, 5) is 12.5. The summed E-state index contributed by atoms with van der Waals surface area (Å²) in [5, 5.41) is 11.6. The highest BCUT2D eigenvalue weighted by molar-refractivity contribution is 5.78. The van der Waals surface area contributed by atoms with Crippen molar-refractivity contribution in [2.45, 2.75) is 44.0 Å². The molecule has 0 radical (unpaired) electrons. The monoisotopic (exact) mass is 433 g/mol. The van der Waals surface area contributed by atoms with E-state index in [2.05, 4.69) is 0 Å². The van der Waals surface area contributed by atoms with E-state index in [1.165, 1.54) is 6.07 Å². The zero-order chi connectivity index (χ0) is 22.4. The van der Waals surface area contributed by atoms with Crippen molar-refractivity contribution in [1.82, 2.24) is 4.57 Å². The molecule has 0 spiro atoms. The van der Waals surface area contributed by atoms with Crippen molar-refractivity contribution in [2.24, 2.45) is 0 Å². The zero-order valence-electron chi connectivity index (χ0n) is 17.1. The molecule has 1 aliphatic heterocycles. The van der Waals surface area contributed by atoms with E-state index in [0.29, 0.717) is 28.0 Å². The number of hydrogen-bond acceptors (Lipinski definition) is 4. The molecule has 1 aromatic heterocycles. The fourth-order valence-corrected chi connectivity index (χ4v) is 4.20. The van der Waals surface area contributed by atoms with E-state index in [-0.39, 0.29) is 6.79 Å². The first-order valence-electron chi connectivity index (χ1n) is 9.79. The number of rotatable bonds is 5. The molecule has 8 heteroatoms. The minimum atomic E-state index is -4.98. The SMILES string of the molecule is CC(C)(CC(O)(Cn1c(=O)ccc2ccccc21)C(F)(F)F)c1cccc2c1OCO2. The highest BCUT2D eigenvalue weighted by Gasteiger charge is 2.56. The van der Waals surface area contributed by atoms with Crippen molar-refractivity contribution >= 4 is 10.9 Å². The van der Waals surface area contributed by atoms with Crippen LogP contribution in [0.4, 0.5) is 13.2 Å². The second-order valence-electron chi connectivity index (χ2n) is 8.45. The van der Waals surface area contributed by atoms with Crippen LogP contribution in [0.1, 0.15) is 25.8 Å². The minimum Gasteiger partial charge on any atom is -0.454 e. The van der Waals surface area contributed by atoms with Gasteiger partial charge in [0.1, 0.15) is 0 Å². The molecule has 3 aromatic rings. The quantitative estimate of drug-likeness (QED) is 0.648. The van der Waals surface area contributed by atoms with Gasteiger partial charge in [-0.25, -0.2) is 0 Å². The molecule has 0 aliphatic carbocycles. The van der Waals surface area contributed by atoms with E-state index in [0.717, 1.165) is 4.57 Å². The van der Waals surface area contributed by atoms with Crippen LogP contribution in [0.15, 0.2) is 59.4 Å². The molecule has 4 rings (SSSR count). The summed E-state index contributed by atoms with van der Waals surface area (Å²) in [6.07, 6.45) is -5.66. The molecule has 1 aliphatic rings. The fraction of sp³-hybridized carbons (Fsp3) is 0.348. The van der Waals surface area contributed by atoms with Crippen LogP contribution in [0, 0.1) is 0 Å². The van der Waals surface area contributed by atoms with Crippen molar-refractivity contribution in [3.8, 4) is 11.5 Å². The van der Waals surface area contributed by atoms with Crippen LogP contribution >= 0.6 is 0 Å². The molecule has 0 amide bonds. The van der Waals surface area contributed by atoms with Gasteiger partial charge in [0.05, 0.1) is 12.1 Å². The number of halogens is 3. The second kappa shape index (κ2) is 7.30. The van der Waals surface area contributed by atoms with Gasteiger partial charge >= 0.3 is 6.18 Å². The van der Waals surface area contributed by atoms with Gasteiger partial charge in [0.25, 0.3) is 5.56 Å². The van der Waals surface area contributed by atoms with Crippen LogP contribution in [0.25, 0.3) is 10.9 Å². The Labute approximate surface area is 176 Å². The minimum absolute atomic E-state index is 0.0165. The van der Waals surface area contributed by atoms with Crippen LogP contribution in [-0.2, 0) is 12.0 Å². The number of benzene rings is 2. The van der Waals surface area contributed by atoms with Gasteiger partial charge in [-0.15, -0.1) is 0 Å². The van der Waals surface area contributed by atoms with Gasteiger partial charge in [0, 0.05) is 11.6 Å². The van der Waals surface area contributed by atoms with Crippen molar-refractivity contribution in [3.05, 3.63) is 70.5 Å². The highest BCUT2D eigenvalue weighted by atomic mass is 19.4. The van der Waals surface area contributed by atoms with Crippen LogP contribution in [0.2, 0.25) is 0 Å². The molecule has 1 N–H and O–H groups in total. The molecule has 0 fully saturated rings. The summed E-state index contributed by atoms with van der Waals surface area (Å²) in [6.45, 7) is 2.27. The Bertz CT molecular complexity index is 1190. The molecule has 5 nitrogen and oxygen atoms in total. The number of nitrogens with zero attached hydrogens (tertiary/aromatic N) is 1. The number of ether oxygens (including phenoxy) is 2. The molecular formula is C23H22F3NO4. The Morgan fingerprint density at radius 1 is 1.00 bits per heavy atom. The summed E-state index contributed by atoms with van der Waals surface area (Å²) in [5.41, 5.74) is -4.09. The van der Waals surface area contributed by atoms with Gasteiger partial charge in [0.15, 0.2) is 17.1 Å². The molecule has 2 heterocycles. The number of aromatic nitrogens is 1. The van der Waals surface area contributed by atoms with Crippen molar-refractivity contribution in [2.75, 3.05) is 6.79 Å². The molecule has 1 atom stereocenters. The molecule has 2 aromatic carbocycles. The number of pyridine rings is 1. The molecule has 164 valence electrons. The standard InChI is InChI=1S/C23H22F3NO4/c1-21(2,16-7-5-9-18-20(16)31-14-30-18)12-22(29,23(24,25)26)13-27-17-8-4-3-6-15(17)10-11-19(27)28/h3-11,29H,12-14H2,1-2H3. The van der Waals surface area contributed by atoms with E-state index in [1.807, 2.05) is 0 Å². The Kier molecular flexibility index (Phi) is 5.00. The maximum Gasteiger partial charge on any atom is 0.418 e. The fourth-order valence-electron chi connectivity index (χ4n) is 4.20. The number of fused-ring (bicyclic) bond motifs is 2. The van der Waals surface area contributed by atoms with Crippen molar-refractivity contribution < 1.29 is 27.8 Å². The van der Waals surface area contributed by atoms with E-state index in [9.17, 15) is 23.1 Å². The summed E-state index contributed by atoms with van der Waals surface area (Å²) < 4.78 is 54.5. The predicted octanol–water partition coefficient (Wildman–Crippen LogP) is 4.39. The first kappa shape index (κ1) is 21.2. The van der Waals surface area contributed by atoms with Gasteiger partial charge < -0.3 is 19.1 Å². The van der Waals surface area contributed by atoms with E-state index < -0.39 is 35.7 Å². The smallest absolute Gasteiger partial charge is 0.418 e. The summed E-state index contributed by atoms with van der Waals surface area (Å²) in [6, 6.07) is 14.4. The van der Waals surface area contributed by atoms with Gasteiger partial charge in [-0.05, 0) is 35.4 Å². The number of para-hydroxylation sites is 2. The number of alkyl halides is 3. The Balaban J connectivity index is 1.78. The van der Waals surface area contributed by atoms with Crippen LogP contribution in [0.3, 0.4) is 0 Å². The first-order valence-corrected chi connectivity index (χ1v) is 9.79. The van der Waals surface area contributed by atoms with Crippen molar-refractivity contribution in [3.63, 3.8) is 0 Å². The molecule has 0 saturated heterocycles. The molecule has 0 bridgehead atoms. The average molecular weight is 433 g/mol. The molecule has 1 unspecified atom stereocenters. The topological polar surface area (TPSA) is 60.7 Å². The third-order valence-electron chi connectivity index (χ3n) is 5.71. The predicted molar refractivity (Wildman–Crippen MR) is 109 cm³/mol. The zero-order valence-corrected chi connectivity index (χ0v) is 17.1. The lowest BCUT2D eigenvalue weighted by atomic mass is 9.74. The Morgan fingerprint density at radius 3 is 2.48 bits per heavy atom. The van der Waals surface area contributed by atoms with Gasteiger partial charge in [-0.1, -0.05) is 44.2 Å². The largest absolute Gasteiger partial charge is 0.454 e. The lowest BCUT2D eigenvalue weighted by molar-refractivity contribution is -0.271. The lowest BCUT2D eigenvalue weighted by Crippen LogP contribution is -2.53. The third kappa shape index (κ3) is 3.76. The first-order chi connectivity index (χ1) is 14.5. The van der Waals surface area contributed by atoms with Gasteiger partial charge in [-0.2, -0.15) is 13.2 Å². The summed E-state index contributed by atoms with van der Waals surface area (Å²) in [7, 11) is 0. The maximum atomic E-state index is 14.2. The van der Waals surface area contributed by atoms with Crippen LogP contribution in [0.5, 0.6) is 11.5 Å². The van der Waals surface area contributed by atoms with Crippen molar-refractivity contribution in [1.29, 1.82) is 0 Å². The van der Waals surface area contributed by atoms with Gasteiger partial charge in [-0.3, -0.25) is 4.79 Å². The van der Waals surface area contributed by atoms with Crippen LogP contribution < -0.4 is 15.0 Å².